The summed E-state index contributed by atoms with van der Waals surface area (Å²) in [6, 6.07) is 0. The van der Waals surface area contributed by atoms with Gasteiger partial charge in [-0.3, -0.25) is 0 Å². The quantitative estimate of drug-likeness (QED) is 0.834. The molecule has 0 spiro atoms. The topological polar surface area (TPSA) is 35.5 Å². The van der Waals surface area contributed by atoms with Gasteiger partial charge in [0.2, 0.25) is 0 Å². The molecule has 2 heterocycles. The second kappa shape index (κ2) is 7.52. The number of piperazine rings is 1. The highest BCUT2D eigenvalue weighted by Crippen LogP contribution is 2.42. The zero-order valence-electron chi connectivity index (χ0n) is 13.8. The highest BCUT2D eigenvalue weighted by molar-refractivity contribution is 8.03. The van der Waals surface area contributed by atoms with Crippen LogP contribution in [0.2, 0.25) is 0 Å². The summed E-state index contributed by atoms with van der Waals surface area (Å²) in [7, 11) is 0. The third-order valence-electron chi connectivity index (χ3n) is 5.49. The molecule has 3 aliphatic rings. The number of aliphatic hydroxyl groups is 1. The van der Waals surface area contributed by atoms with Crippen molar-refractivity contribution in [3.63, 3.8) is 0 Å². The third kappa shape index (κ3) is 3.78. The monoisotopic (exact) mass is 322 g/mol. The zero-order valence-corrected chi connectivity index (χ0v) is 14.6. The molecule has 0 aromatic rings. The minimum atomic E-state index is -0.498. The maximum absolute atomic E-state index is 11.4. The van der Waals surface area contributed by atoms with E-state index in [0.29, 0.717) is 0 Å². The molecule has 0 aromatic heterocycles. The van der Waals surface area contributed by atoms with Crippen molar-refractivity contribution >= 4 is 11.8 Å². The minimum Gasteiger partial charge on any atom is -0.389 e. The van der Waals surface area contributed by atoms with Crippen LogP contribution in [0.4, 0.5) is 0 Å². The average Bonchev–Trinajstić information content (AvgIpc) is 2.55. The fourth-order valence-electron chi connectivity index (χ4n) is 4.13. The molecule has 0 radical (unpaired) electrons. The van der Waals surface area contributed by atoms with Crippen LogP contribution in [0.5, 0.6) is 0 Å². The predicted molar refractivity (Wildman–Crippen MR) is 95.1 cm³/mol. The SMILES string of the molecule is CC1=C(C(CN2CCNCC2)C2(O)CCCCC2)C=CCS1. The fourth-order valence-corrected chi connectivity index (χ4v) is 4.95. The Bertz CT molecular complexity index is 434. The minimum absolute atomic E-state index is 0.273. The van der Waals surface area contributed by atoms with Gasteiger partial charge in [-0.1, -0.05) is 31.4 Å². The molecule has 0 amide bonds. The van der Waals surface area contributed by atoms with Crippen molar-refractivity contribution in [1.82, 2.24) is 10.2 Å². The van der Waals surface area contributed by atoms with Crippen molar-refractivity contribution in [1.29, 1.82) is 0 Å². The molecule has 3 rings (SSSR count). The Hall–Kier alpha value is -0.290. The Morgan fingerprint density at radius 1 is 1.27 bits per heavy atom. The molecule has 0 aromatic carbocycles. The number of allylic oxidation sites excluding steroid dienone is 2. The molecular formula is C18H30N2OS. The van der Waals surface area contributed by atoms with E-state index in [1.54, 1.807) is 0 Å². The molecule has 2 N–H and O–H groups in total. The summed E-state index contributed by atoms with van der Waals surface area (Å²) in [5, 5.41) is 14.8. The van der Waals surface area contributed by atoms with Crippen molar-refractivity contribution in [3.05, 3.63) is 22.6 Å². The highest BCUT2D eigenvalue weighted by Gasteiger charge is 2.40. The Morgan fingerprint density at radius 3 is 2.68 bits per heavy atom. The van der Waals surface area contributed by atoms with E-state index in [1.165, 1.54) is 29.7 Å². The van der Waals surface area contributed by atoms with Crippen molar-refractivity contribution in [2.24, 2.45) is 5.92 Å². The van der Waals surface area contributed by atoms with Gasteiger partial charge in [-0.2, -0.15) is 0 Å². The fraction of sp³-hybridized carbons (Fsp3) is 0.778. The number of nitrogens with one attached hydrogen (secondary N) is 1. The Kier molecular flexibility index (Phi) is 5.66. The van der Waals surface area contributed by atoms with Gasteiger partial charge in [0.1, 0.15) is 0 Å². The maximum Gasteiger partial charge on any atom is 0.0728 e. The molecule has 2 aliphatic heterocycles. The predicted octanol–water partition coefficient (Wildman–Crippen LogP) is 2.78. The van der Waals surface area contributed by atoms with Crippen LogP contribution >= 0.6 is 11.8 Å². The number of hydrogen-bond acceptors (Lipinski definition) is 4. The largest absolute Gasteiger partial charge is 0.389 e. The molecule has 1 unspecified atom stereocenters. The summed E-state index contributed by atoms with van der Waals surface area (Å²) in [4.78, 5) is 3.96. The van der Waals surface area contributed by atoms with Gasteiger partial charge in [0, 0.05) is 44.4 Å². The van der Waals surface area contributed by atoms with E-state index in [9.17, 15) is 5.11 Å². The van der Waals surface area contributed by atoms with Gasteiger partial charge in [-0.15, -0.1) is 11.8 Å². The van der Waals surface area contributed by atoms with Crippen LogP contribution < -0.4 is 5.32 Å². The van der Waals surface area contributed by atoms with Crippen molar-refractivity contribution in [2.45, 2.75) is 44.6 Å². The van der Waals surface area contributed by atoms with Crippen molar-refractivity contribution < 1.29 is 5.11 Å². The molecule has 124 valence electrons. The first kappa shape index (κ1) is 16.6. The summed E-state index contributed by atoms with van der Waals surface area (Å²) in [6.45, 7) is 7.61. The number of rotatable bonds is 4. The van der Waals surface area contributed by atoms with Crippen LogP contribution in [-0.4, -0.2) is 54.1 Å². The van der Waals surface area contributed by atoms with E-state index in [0.717, 1.165) is 51.3 Å². The smallest absolute Gasteiger partial charge is 0.0728 e. The maximum atomic E-state index is 11.4. The summed E-state index contributed by atoms with van der Waals surface area (Å²) in [5.41, 5.74) is 0.904. The molecule has 22 heavy (non-hydrogen) atoms. The first-order valence-electron chi connectivity index (χ1n) is 8.85. The van der Waals surface area contributed by atoms with Crippen LogP contribution in [0.15, 0.2) is 22.6 Å². The Balaban J connectivity index is 1.82. The van der Waals surface area contributed by atoms with Gasteiger partial charge in [0.15, 0.2) is 0 Å². The lowest BCUT2D eigenvalue weighted by Gasteiger charge is -2.43. The second-order valence-electron chi connectivity index (χ2n) is 6.99. The number of nitrogens with zero attached hydrogens (tertiary/aromatic N) is 1. The van der Waals surface area contributed by atoms with Crippen LogP contribution in [0.3, 0.4) is 0 Å². The molecule has 1 saturated carbocycles. The van der Waals surface area contributed by atoms with Crippen LogP contribution in [0, 0.1) is 5.92 Å². The van der Waals surface area contributed by atoms with Gasteiger partial charge in [-0.25, -0.2) is 0 Å². The summed E-state index contributed by atoms with van der Waals surface area (Å²) in [6.07, 6.45) is 10.1. The third-order valence-corrected chi connectivity index (χ3v) is 6.52. The summed E-state index contributed by atoms with van der Waals surface area (Å²) in [5.74, 6) is 1.35. The van der Waals surface area contributed by atoms with Crippen molar-refractivity contribution in [2.75, 3.05) is 38.5 Å². The van der Waals surface area contributed by atoms with Gasteiger partial charge in [0.25, 0.3) is 0 Å². The highest BCUT2D eigenvalue weighted by atomic mass is 32.2. The summed E-state index contributed by atoms with van der Waals surface area (Å²) < 4.78 is 0. The molecule has 2 fully saturated rings. The molecular weight excluding hydrogens is 292 g/mol. The molecule has 3 nitrogen and oxygen atoms in total. The molecule has 1 saturated heterocycles. The number of thioether (sulfide) groups is 1. The van der Waals surface area contributed by atoms with Crippen LogP contribution in [0.1, 0.15) is 39.0 Å². The van der Waals surface area contributed by atoms with Gasteiger partial charge in [-0.05, 0) is 30.2 Å². The normalized spacial score (nSPS) is 27.9. The van der Waals surface area contributed by atoms with E-state index in [1.807, 2.05) is 11.8 Å². The average molecular weight is 323 g/mol. The van der Waals surface area contributed by atoms with E-state index in [2.05, 4.69) is 29.3 Å². The Labute approximate surface area is 139 Å². The number of hydrogen-bond donors (Lipinski definition) is 2. The Morgan fingerprint density at radius 2 is 2.00 bits per heavy atom. The van der Waals surface area contributed by atoms with E-state index in [-0.39, 0.29) is 5.92 Å². The lowest BCUT2D eigenvalue weighted by atomic mass is 9.72. The second-order valence-corrected chi connectivity index (χ2v) is 8.23. The van der Waals surface area contributed by atoms with Crippen molar-refractivity contribution in [3.8, 4) is 0 Å². The van der Waals surface area contributed by atoms with Crippen LogP contribution in [-0.2, 0) is 0 Å². The first-order chi connectivity index (χ1) is 10.7. The lowest BCUT2D eigenvalue weighted by Crippen LogP contribution is -2.51. The van der Waals surface area contributed by atoms with E-state index in [4.69, 9.17) is 0 Å². The standard InChI is InChI=1S/C18H30N2OS/c1-15-16(6-5-13-22-15)17(14-20-11-9-19-10-12-20)18(21)7-3-2-4-8-18/h5-6,17,19,21H,2-4,7-14H2,1H3. The van der Waals surface area contributed by atoms with Gasteiger partial charge >= 0.3 is 0 Å². The summed E-state index contributed by atoms with van der Waals surface area (Å²) >= 11 is 1.93. The van der Waals surface area contributed by atoms with E-state index >= 15 is 0 Å². The lowest BCUT2D eigenvalue weighted by molar-refractivity contribution is -0.0462. The zero-order chi connectivity index (χ0) is 15.4. The molecule has 0 bridgehead atoms. The van der Waals surface area contributed by atoms with Crippen LogP contribution in [0.25, 0.3) is 0 Å². The molecule has 4 heteroatoms. The molecule has 1 atom stereocenters. The molecule has 1 aliphatic carbocycles. The van der Waals surface area contributed by atoms with E-state index < -0.39 is 5.60 Å². The first-order valence-corrected chi connectivity index (χ1v) is 9.83. The van der Waals surface area contributed by atoms with Gasteiger partial charge < -0.3 is 15.3 Å². The van der Waals surface area contributed by atoms with Gasteiger partial charge in [0.05, 0.1) is 5.60 Å².